The van der Waals surface area contributed by atoms with Gasteiger partial charge in [-0.15, -0.1) is 0 Å². The second-order valence-corrected chi connectivity index (χ2v) is 5.41. The van der Waals surface area contributed by atoms with Crippen LogP contribution in [-0.4, -0.2) is 34.0 Å². The van der Waals surface area contributed by atoms with Crippen LogP contribution in [0.1, 0.15) is 18.4 Å². The van der Waals surface area contributed by atoms with Crippen molar-refractivity contribution in [2.45, 2.75) is 27.3 Å². The minimum absolute atomic E-state index is 0.686. The molecule has 0 saturated heterocycles. The molecule has 2 heterocycles. The topological polar surface area (TPSA) is 74.1 Å². The second kappa shape index (κ2) is 6.35. The molecule has 0 spiro atoms. The first-order valence-corrected chi connectivity index (χ1v) is 7.78. The van der Waals surface area contributed by atoms with E-state index in [4.69, 9.17) is 9.47 Å². The molecule has 7 nitrogen and oxygen atoms in total. The van der Waals surface area contributed by atoms with Gasteiger partial charge in [0.1, 0.15) is 28.4 Å². The summed E-state index contributed by atoms with van der Waals surface area (Å²) in [7, 11) is 3.27. The monoisotopic (exact) mass is 327 g/mol. The molecule has 24 heavy (non-hydrogen) atoms. The van der Waals surface area contributed by atoms with E-state index in [2.05, 4.69) is 20.4 Å². The average molecular weight is 327 g/mol. The largest absolute Gasteiger partial charge is 0.497 e. The van der Waals surface area contributed by atoms with E-state index in [1.165, 1.54) is 0 Å². The third-order valence-electron chi connectivity index (χ3n) is 3.83. The fourth-order valence-corrected chi connectivity index (χ4v) is 2.70. The lowest BCUT2D eigenvalue weighted by Gasteiger charge is -2.13. The first-order valence-electron chi connectivity index (χ1n) is 7.78. The van der Waals surface area contributed by atoms with Gasteiger partial charge in [-0.2, -0.15) is 5.10 Å². The normalized spacial score (nSPS) is 10.9. The number of nitrogens with one attached hydrogen (secondary N) is 1. The molecule has 126 valence electrons. The Kier molecular flexibility index (Phi) is 4.24. The molecule has 0 aliphatic carbocycles. The van der Waals surface area contributed by atoms with Gasteiger partial charge in [0.05, 0.1) is 25.6 Å². The zero-order valence-corrected chi connectivity index (χ0v) is 14.5. The lowest BCUT2D eigenvalue weighted by Crippen LogP contribution is -2.04. The van der Waals surface area contributed by atoms with Crippen molar-refractivity contribution in [1.29, 1.82) is 0 Å². The van der Waals surface area contributed by atoms with E-state index in [0.717, 1.165) is 34.7 Å². The van der Waals surface area contributed by atoms with E-state index in [0.29, 0.717) is 17.4 Å². The number of hydrogen-bond donors (Lipinski definition) is 1. The van der Waals surface area contributed by atoms with Gasteiger partial charge in [-0.1, -0.05) is 0 Å². The molecule has 2 aromatic heterocycles. The van der Waals surface area contributed by atoms with Crippen molar-refractivity contribution >= 4 is 22.5 Å². The fraction of sp³-hybridized carbons (Fsp3) is 0.353. The van der Waals surface area contributed by atoms with Gasteiger partial charge in [-0.3, -0.25) is 4.68 Å². The standard InChI is InChI=1S/C17H21N5O2/c1-6-22-16-15(10(2)21-22)18-11(3)19-17(16)20-13-9-12(23-4)7-8-14(13)24-5/h7-9H,6H2,1-5H3,(H,18,19,20). The van der Waals surface area contributed by atoms with E-state index < -0.39 is 0 Å². The summed E-state index contributed by atoms with van der Waals surface area (Å²) in [6.45, 7) is 6.61. The number of aromatic nitrogens is 4. The van der Waals surface area contributed by atoms with Gasteiger partial charge < -0.3 is 14.8 Å². The fourth-order valence-electron chi connectivity index (χ4n) is 2.70. The van der Waals surface area contributed by atoms with Gasteiger partial charge in [0.2, 0.25) is 0 Å². The lowest BCUT2D eigenvalue weighted by molar-refractivity contribution is 0.405. The van der Waals surface area contributed by atoms with Crippen LogP contribution < -0.4 is 14.8 Å². The Morgan fingerprint density at radius 1 is 1.12 bits per heavy atom. The van der Waals surface area contributed by atoms with Gasteiger partial charge in [-0.05, 0) is 32.9 Å². The van der Waals surface area contributed by atoms with E-state index in [9.17, 15) is 0 Å². The lowest BCUT2D eigenvalue weighted by atomic mass is 10.2. The van der Waals surface area contributed by atoms with E-state index in [-0.39, 0.29) is 0 Å². The molecule has 0 aliphatic rings. The summed E-state index contributed by atoms with van der Waals surface area (Å²) in [5, 5.41) is 7.90. The number of anilines is 2. The van der Waals surface area contributed by atoms with Gasteiger partial charge >= 0.3 is 0 Å². The van der Waals surface area contributed by atoms with E-state index in [1.54, 1.807) is 14.2 Å². The Balaban J connectivity index is 2.17. The molecule has 0 aliphatic heterocycles. The number of benzene rings is 1. The molecule has 1 aromatic carbocycles. The minimum Gasteiger partial charge on any atom is -0.497 e. The van der Waals surface area contributed by atoms with Crippen LogP contribution in [0.3, 0.4) is 0 Å². The molecule has 3 aromatic rings. The third kappa shape index (κ3) is 2.73. The molecule has 0 radical (unpaired) electrons. The molecule has 0 fully saturated rings. The summed E-state index contributed by atoms with van der Waals surface area (Å²) in [6, 6.07) is 5.58. The van der Waals surface area contributed by atoms with Crippen LogP contribution in [0.2, 0.25) is 0 Å². The highest BCUT2D eigenvalue weighted by molar-refractivity contribution is 5.90. The highest BCUT2D eigenvalue weighted by Gasteiger charge is 2.16. The highest BCUT2D eigenvalue weighted by Crippen LogP contribution is 2.33. The summed E-state index contributed by atoms with van der Waals surface area (Å²) in [5.41, 5.74) is 3.40. The smallest absolute Gasteiger partial charge is 0.160 e. The van der Waals surface area contributed by atoms with Crippen molar-refractivity contribution < 1.29 is 9.47 Å². The van der Waals surface area contributed by atoms with Crippen molar-refractivity contribution in [3.8, 4) is 11.5 Å². The van der Waals surface area contributed by atoms with Crippen LogP contribution >= 0.6 is 0 Å². The van der Waals surface area contributed by atoms with Crippen molar-refractivity contribution in [1.82, 2.24) is 19.7 Å². The number of hydrogen-bond acceptors (Lipinski definition) is 6. The molecule has 0 amide bonds. The Labute approximate surface area is 140 Å². The molecule has 0 saturated carbocycles. The number of rotatable bonds is 5. The number of nitrogens with zero attached hydrogens (tertiary/aromatic N) is 4. The van der Waals surface area contributed by atoms with Crippen LogP contribution in [0.15, 0.2) is 18.2 Å². The molecular weight excluding hydrogens is 306 g/mol. The second-order valence-electron chi connectivity index (χ2n) is 5.41. The van der Waals surface area contributed by atoms with Gasteiger partial charge in [-0.25, -0.2) is 9.97 Å². The summed E-state index contributed by atoms with van der Waals surface area (Å²) in [5.74, 6) is 2.83. The predicted molar refractivity (Wildman–Crippen MR) is 93.3 cm³/mol. The maximum Gasteiger partial charge on any atom is 0.160 e. The summed E-state index contributed by atoms with van der Waals surface area (Å²) >= 11 is 0. The molecule has 3 rings (SSSR count). The number of methoxy groups -OCH3 is 2. The molecular formula is C17H21N5O2. The summed E-state index contributed by atoms with van der Waals surface area (Å²) < 4.78 is 12.6. The van der Waals surface area contributed by atoms with Crippen molar-refractivity contribution in [3.05, 3.63) is 29.7 Å². The van der Waals surface area contributed by atoms with Crippen molar-refractivity contribution in [3.63, 3.8) is 0 Å². The summed E-state index contributed by atoms with van der Waals surface area (Å²) in [6.07, 6.45) is 0. The number of ether oxygens (including phenoxy) is 2. The molecule has 0 atom stereocenters. The van der Waals surface area contributed by atoms with Crippen LogP contribution in [0, 0.1) is 13.8 Å². The Hall–Kier alpha value is -2.83. The maximum absolute atomic E-state index is 5.44. The molecule has 0 unspecified atom stereocenters. The third-order valence-corrected chi connectivity index (χ3v) is 3.83. The first-order chi connectivity index (χ1) is 11.6. The molecule has 0 bridgehead atoms. The van der Waals surface area contributed by atoms with Crippen LogP contribution in [0.25, 0.3) is 11.0 Å². The molecule has 1 N–H and O–H groups in total. The quantitative estimate of drug-likeness (QED) is 0.775. The van der Waals surface area contributed by atoms with Crippen LogP contribution in [-0.2, 0) is 6.54 Å². The minimum atomic E-state index is 0.686. The van der Waals surface area contributed by atoms with Crippen molar-refractivity contribution in [2.75, 3.05) is 19.5 Å². The Morgan fingerprint density at radius 2 is 1.92 bits per heavy atom. The van der Waals surface area contributed by atoms with Gasteiger partial charge in [0.15, 0.2) is 5.82 Å². The van der Waals surface area contributed by atoms with E-state index >= 15 is 0 Å². The van der Waals surface area contributed by atoms with Crippen LogP contribution in [0.5, 0.6) is 11.5 Å². The molecule has 7 heteroatoms. The van der Waals surface area contributed by atoms with Gasteiger partial charge in [0.25, 0.3) is 0 Å². The number of aryl methyl sites for hydroxylation is 3. The van der Waals surface area contributed by atoms with Crippen molar-refractivity contribution in [2.24, 2.45) is 0 Å². The van der Waals surface area contributed by atoms with Gasteiger partial charge in [0, 0.05) is 12.6 Å². The Morgan fingerprint density at radius 3 is 2.58 bits per heavy atom. The Bertz CT molecular complexity index is 888. The zero-order chi connectivity index (χ0) is 17.3. The summed E-state index contributed by atoms with van der Waals surface area (Å²) in [4.78, 5) is 9.10. The highest BCUT2D eigenvalue weighted by atomic mass is 16.5. The van der Waals surface area contributed by atoms with Crippen LogP contribution in [0.4, 0.5) is 11.5 Å². The first kappa shape index (κ1) is 16.0. The zero-order valence-electron chi connectivity index (χ0n) is 14.5. The predicted octanol–water partition coefficient (Wildman–Crippen LogP) is 3.22. The average Bonchev–Trinajstić information content (AvgIpc) is 2.91. The SMILES string of the molecule is CCn1nc(C)c2nc(C)nc(Nc3cc(OC)ccc3OC)c21. The maximum atomic E-state index is 5.44. The number of fused-ring (bicyclic) bond motifs is 1. The van der Waals surface area contributed by atoms with E-state index in [1.807, 2.05) is 43.7 Å².